The Morgan fingerprint density at radius 3 is 2.32 bits per heavy atom. The summed E-state index contributed by atoms with van der Waals surface area (Å²) in [6.07, 6.45) is -0.295. The van der Waals surface area contributed by atoms with Crippen LogP contribution < -0.4 is 10.1 Å². The SMILES string of the molecule is CC(C)N[C@@H]1C(=O)c2ccccc2O[C@H]1c1ccccc1.Cl. The average molecular weight is 318 g/mol. The van der Waals surface area contributed by atoms with Gasteiger partial charge in [-0.25, -0.2) is 0 Å². The van der Waals surface area contributed by atoms with Crippen LogP contribution in [0, 0.1) is 0 Å². The number of para-hydroxylation sites is 1. The lowest BCUT2D eigenvalue weighted by Crippen LogP contribution is -2.49. The van der Waals surface area contributed by atoms with Crippen molar-refractivity contribution in [1.29, 1.82) is 0 Å². The maximum Gasteiger partial charge on any atom is 0.187 e. The van der Waals surface area contributed by atoms with Gasteiger partial charge in [-0.2, -0.15) is 0 Å². The van der Waals surface area contributed by atoms with Crippen molar-refractivity contribution < 1.29 is 9.53 Å². The Kier molecular flexibility index (Phi) is 5.22. The van der Waals surface area contributed by atoms with Crippen molar-refractivity contribution in [2.75, 3.05) is 0 Å². The lowest BCUT2D eigenvalue weighted by molar-refractivity contribution is 0.0721. The Hall–Kier alpha value is -1.84. The third-order valence-electron chi connectivity index (χ3n) is 3.63. The van der Waals surface area contributed by atoms with Gasteiger partial charge >= 0.3 is 0 Å². The highest BCUT2D eigenvalue weighted by molar-refractivity contribution is 6.03. The number of hydrogen-bond donors (Lipinski definition) is 1. The Morgan fingerprint density at radius 1 is 1.00 bits per heavy atom. The molecule has 2 aromatic carbocycles. The zero-order chi connectivity index (χ0) is 14.8. The number of hydrogen-bond acceptors (Lipinski definition) is 3. The van der Waals surface area contributed by atoms with Crippen LogP contribution in [0.15, 0.2) is 54.6 Å². The fourth-order valence-corrected chi connectivity index (χ4v) is 2.71. The van der Waals surface area contributed by atoms with Crippen LogP contribution in [-0.4, -0.2) is 17.9 Å². The van der Waals surface area contributed by atoms with E-state index in [1.54, 1.807) is 0 Å². The fourth-order valence-electron chi connectivity index (χ4n) is 2.71. The second-order valence-corrected chi connectivity index (χ2v) is 5.61. The molecule has 1 heterocycles. The standard InChI is InChI=1S/C18H19NO2.ClH/c1-12(2)19-16-17(20)14-10-6-7-11-15(14)21-18(16)13-8-4-3-5-9-13;/h3-12,16,18-19H,1-2H3;1H/t16-,18+;/m1./s1. The van der Waals surface area contributed by atoms with Crippen molar-refractivity contribution in [2.24, 2.45) is 0 Å². The molecule has 1 aliphatic rings. The van der Waals surface area contributed by atoms with Crippen molar-refractivity contribution in [2.45, 2.75) is 32.0 Å². The average Bonchev–Trinajstić information content (AvgIpc) is 2.50. The minimum atomic E-state index is -0.359. The molecule has 0 radical (unpaired) electrons. The Bertz CT molecular complexity index is 643. The first-order chi connectivity index (χ1) is 10.2. The molecule has 0 amide bonds. The number of carbonyl (C=O) groups excluding carboxylic acids is 1. The number of halogens is 1. The van der Waals surface area contributed by atoms with Gasteiger partial charge in [0.1, 0.15) is 17.9 Å². The number of ether oxygens (including phenoxy) is 1. The molecular formula is C18H20ClNO2. The molecule has 0 spiro atoms. The molecule has 1 N–H and O–H groups in total. The summed E-state index contributed by atoms with van der Waals surface area (Å²) < 4.78 is 6.12. The van der Waals surface area contributed by atoms with Crippen molar-refractivity contribution in [3.8, 4) is 5.75 Å². The number of benzene rings is 2. The van der Waals surface area contributed by atoms with E-state index >= 15 is 0 Å². The summed E-state index contributed by atoms with van der Waals surface area (Å²) in [5.74, 6) is 0.762. The van der Waals surface area contributed by atoms with Gasteiger partial charge < -0.3 is 10.1 Å². The summed E-state index contributed by atoms with van der Waals surface area (Å²) in [6.45, 7) is 4.08. The predicted molar refractivity (Wildman–Crippen MR) is 89.9 cm³/mol. The van der Waals surface area contributed by atoms with Crippen molar-refractivity contribution >= 4 is 18.2 Å². The van der Waals surface area contributed by atoms with Gasteiger partial charge in [-0.15, -0.1) is 12.4 Å². The van der Waals surface area contributed by atoms with Gasteiger partial charge in [0.2, 0.25) is 0 Å². The van der Waals surface area contributed by atoms with Gasteiger partial charge in [0.05, 0.1) is 5.56 Å². The van der Waals surface area contributed by atoms with Gasteiger partial charge in [-0.1, -0.05) is 56.3 Å². The molecule has 2 atom stereocenters. The quantitative estimate of drug-likeness (QED) is 0.936. The minimum Gasteiger partial charge on any atom is -0.483 e. The van der Waals surface area contributed by atoms with Crippen LogP contribution in [0.25, 0.3) is 0 Å². The first kappa shape index (κ1) is 16.5. The van der Waals surface area contributed by atoms with E-state index in [9.17, 15) is 4.79 Å². The maximum absolute atomic E-state index is 12.8. The van der Waals surface area contributed by atoms with E-state index in [2.05, 4.69) is 5.32 Å². The molecule has 0 aromatic heterocycles. The highest BCUT2D eigenvalue weighted by atomic mass is 35.5. The van der Waals surface area contributed by atoms with Crippen LogP contribution in [0.2, 0.25) is 0 Å². The number of Topliss-reactive ketones (excluding diaryl/α,β-unsaturated/α-hetero) is 1. The molecule has 0 aliphatic carbocycles. The van der Waals surface area contributed by atoms with Crippen LogP contribution in [0.3, 0.4) is 0 Å². The van der Waals surface area contributed by atoms with E-state index in [1.165, 1.54) is 0 Å². The Morgan fingerprint density at radius 2 is 1.64 bits per heavy atom. The van der Waals surface area contributed by atoms with E-state index in [0.29, 0.717) is 11.3 Å². The highest BCUT2D eigenvalue weighted by Gasteiger charge is 2.38. The molecule has 0 saturated heterocycles. The summed E-state index contributed by atoms with van der Waals surface area (Å²) >= 11 is 0. The van der Waals surface area contributed by atoms with Crippen molar-refractivity contribution in [3.63, 3.8) is 0 Å². The molecule has 4 heteroatoms. The number of rotatable bonds is 3. The van der Waals surface area contributed by atoms with Gasteiger partial charge in [0.15, 0.2) is 5.78 Å². The number of carbonyl (C=O) groups is 1. The van der Waals surface area contributed by atoms with E-state index in [1.807, 2.05) is 68.4 Å². The molecule has 0 saturated carbocycles. The molecule has 116 valence electrons. The molecule has 1 aliphatic heterocycles. The first-order valence-corrected chi connectivity index (χ1v) is 7.27. The third-order valence-corrected chi connectivity index (χ3v) is 3.63. The lowest BCUT2D eigenvalue weighted by Gasteiger charge is -2.34. The smallest absolute Gasteiger partial charge is 0.187 e. The monoisotopic (exact) mass is 317 g/mol. The molecule has 2 aromatic rings. The van der Waals surface area contributed by atoms with Crippen molar-refractivity contribution in [3.05, 3.63) is 65.7 Å². The van der Waals surface area contributed by atoms with E-state index < -0.39 is 0 Å². The molecule has 22 heavy (non-hydrogen) atoms. The topological polar surface area (TPSA) is 38.3 Å². The summed E-state index contributed by atoms with van der Waals surface area (Å²) in [7, 11) is 0. The zero-order valence-electron chi connectivity index (χ0n) is 12.7. The van der Waals surface area contributed by atoms with Crippen LogP contribution in [0.1, 0.15) is 35.9 Å². The van der Waals surface area contributed by atoms with Crippen molar-refractivity contribution in [1.82, 2.24) is 5.32 Å². The fraction of sp³-hybridized carbons (Fsp3) is 0.278. The van der Waals surface area contributed by atoms with E-state index in [-0.39, 0.29) is 36.4 Å². The normalized spacial score (nSPS) is 20.0. The van der Waals surface area contributed by atoms with Gasteiger partial charge in [0.25, 0.3) is 0 Å². The van der Waals surface area contributed by atoms with Crippen LogP contribution in [0.5, 0.6) is 5.75 Å². The zero-order valence-corrected chi connectivity index (χ0v) is 13.5. The first-order valence-electron chi connectivity index (χ1n) is 7.27. The summed E-state index contributed by atoms with van der Waals surface area (Å²) in [5.41, 5.74) is 1.67. The minimum absolute atomic E-state index is 0. The Balaban J connectivity index is 0.00000176. The largest absolute Gasteiger partial charge is 0.483 e. The second-order valence-electron chi connectivity index (χ2n) is 5.61. The van der Waals surface area contributed by atoms with Gasteiger partial charge in [-0.05, 0) is 17.7 Å². The number of ketones is 1. The summed E-state index contributed by atoms with van der Waals surface area (Å²) in [4.78, 5) is 12.8. The Labute approximate surface area is 137 Å². The molecule has 0 bridgehead atoms. The molecule has 3 nitrogen and oxygen atoms in total. The number of nitrogens with one attached hydrogen (secondary N) is 1. The predicted octanol–water partition coefficient (Wildman–Crippen LogP) is 3.79. The molecular weight excluding hydrogens is 298 g/mol. The van der Waals surface area contributed by atoms with E-state index in [4.69, 9.17) is 4.74 Å². The maximum atomic E-state index is 12.8. The van der Waals surface area contributed by atoms with Crippen LogP contribution >= 0.6 is 12.4 Å². The lowest BCUT2D eigenvalue weighted by atomic mass is 9.91. The third kappa shape index (κ3) is 3.16. The molecule has 0 fully saturated rings. The van der Waals surface area contributed by atoms with Gasteiger partial charge in [-0.3, -0.25) is 4.79 Å². The summed E-state index contributed by atoms with van der Waals surface area (Å²) in [6, 6.07) is 17.2. The van der Waals surface area contributed by atoms with Crippen LogP contribution in [0.4, 0.5) is 0 Å². The summed E-state index contributed by atoms with van der Waals surface area (Å²) in [5, 5.41) is 3.35. The second kappa shape index (κ2) is 6.95. The molecule has 3 rings (SSSR count). The van der Waals surface area contributed by atoms with Gasteiger partial charge in [0, 0.05) is 6.04 Å². The van der Waals surface area contributed by atoms with E-state index in [0.717, 1.165) is 5.56 Å². The number of fused-ring (bicyclic) bond motifs is 1. The van der Waals surface area contributed by atoms with Crippen LogP contribution in [-0.2, 0) is 0 Å². The molecule has 0 unspecified atom stereocenters. The highest BCUT2D eigenvalue weighted by Crippen LogP contribution is 2.35.